The lowest BCUT2D eigenvalue weighted by Gasteiger charge is -2.25. The highest BCUT2D eigenvalue weighted by Gasteiger charge is 2.20. The van der Waals surface area contributed by atoms with E-state index in [1.807, 2.05) is 70.6 Å². The van der Waals surface area contributed by atoms with Crippen LogP contribution >= 0.6 is 70.6 Å². The number of benzene rings is 1. The summed E-state index contributed by atoms with van der Waals surface area (Å²) in [6, 6.07) is 6.69. The van der Waals surface area contributed by atoms with Gasteiger partial charge in [-0.3, -0.25) is 0 Å². The smallest absolute Gasteiger partial charge is 0.123 e. The van der Waals surface area contributed by atoms with E-state index in [-0.39, 0.29) is 12.2 Å². The van der Waals surface area contributed by atoms with Crippen molar-refractivity contribution in [2.75, 3.05) is 69.0 Å². The van der Waals surface area contributed by atoms with Gasteiger partial charge < -0.3 is 9.47 Å². The molecule has 3 heterocycles. The van der Waals surface area contributed by atoms with E-state index in [4.69, 9.17) is 9.47 Å². The molecule has 0 bridgehead atoms. The van der Waals surface area contributed by atoms with Gasteiger partial charge in [0.15, 0.2) is 0 Å². The highest BCUT2D eigenvalue weighted by Crippen LogP contribution is 2.32. The summed E-state index contributed by atoms with van der Waals surface area (Å²) in [6.45, 7) is 12.6. The third-order valence-electron chi connectivity index (χ3n) is 5.83. The fourth-order valence-corrected chi connectivity index (χ4v) is 11.0. The van der Waals surface area contributed by atoms with E-state index in [0.717, 1.165) is 75.4 Å². The first-order chi connectivity index (χ1) is 17.5. The summed E-state index contributed by atoms with van der Waals surface area (Å²) in [7, 11) is 0. The van der Waals surface area contributed by atoms with Crippen LogP contribution in [-0.2, 0) is 6.42 Å². The van der Waals surface area contributed by atoms with Crippen LogP contribution in [0, 0.1) is 5.92 Å². The molecule has 36 heavy (non-hydrogen) atoms. The van der Waals surface area contributed by atoms with Gasteiger partial charge in [0.25, 0.3) is 0 Å². The molecule has 3 aliphatic heterocycles. The Morgan fingerprint density at radius 1 is 0.556 bits per heavy atom. The number of hydrogen-bond acceptors (Lipinski definition) is 8. The van der Waals surface area contributed by atoms with Gasteiger partial charge in [0, 0.05) is 63.6 Å². The molecular formula is C28H38O2S6. The molecule has 198 valence electrons. The molecule has 3 fully saturated rings. The minimum atomic E-state index is 0.216. The van der Waals surface area contributed by atoms with Gasteiger partial charge in [-0.25, -0.2) is 0 Å². The largest absolute Gasteiger partial charge is 0.489 e. The van der Waals surface area contributed by atoms with E-state index in [9.17, 15) is 0 Å². The fourth-order valence-electron chi connectivity index (χ4n) is 4.20. The van der Waals surface area contributed by atoms with E-state index in [1.54, 1.807) is 0 Å². The zero-order valence-corrected chi connectivity index (χ0v) is 25.9. The number of hydrogen-bond donors (Lipinski definition) is 0. The topological polar surface area (TPSA) is 18.5 Å². The first kappa shape index (κ1) is 29.1. The molecule has 3 saturated heterocycles. The molecule has 0 spiro atoms. The molecule has 0 N–H and O–H groups in total. The predicted molar refractivity (Wildman–Crippen MR) is 174 cm³/mol. The molecule has 0 aromatic heterocycles. The van der Waals surface area contributed by atoms with E-state index < -0.39 is 0 Å². The molecule has 0 amide bonds. The lowest BCUT2D eigenvalue weighted by Crippen LogP contribution is -2.26. The van der Waals surface area contributed by atoms with Gasteiger partial charge in [0.2, 0.25) is 0 Å². The van der Waals surface area contributed by atoms with Gasteiger partial charge in [0.1, 0.15) is 23.7 Å². The van der Waals surface area contributed by atoms with Crippen LogP contribution in [0.2, 0.25) is 0 Å². The lowest BCUT2D eigenvalue weighted by atomic mass is 10.0. The van der Waals surface area contributed by atoms with Gasteiger partial charge in [0.05, 0.1) is 0 Å². The van der Waals surface area contributed by atoms with Crippen LogP contribution in [0.5, 0.6) is 11.5 Å². The first-order valence-corrected chi connectivity index (χ1v) is 19.4. The van der Waals surface area contributed by atoms with Crippen molar-refractivity contribution in [3.8, 4) is 11.5 Å². The monoisotopic (exact) mass is 598 g/mol. The van der Waals surface area contributed by atoms with Crippen LogP contribution in [0.15, 0.2) is 54.7 Å². The van der Waals surface area contributed by atoms with Gasteiger partial charge in [-0.2, -0.15) is 70.6 Å². The summed E-state index contributed by atoms with van der Waals surface area (Å²) in [5, 5.41) is 0. The standard InChI is InChI=1S/C28H38O2S6/c1-20-8-31-14-24(15-32-9-20)4-23-5-25(29-27-16-33-10-21(2)11-34-17-27)7-26(6-23)30-28-18-35-12-22(3)13-36-19-28/h5-7,24,27-28H,1-4,8-19H2. The third-order valence-corrected chi connectivity index (χ3v) is 13.3. The van der Waals surface area contributed by atoms with E-state index >= 15 is 0 Å². The second-order valence-corrected chi connectivity index (χ2v) is 15.9. The minimum absolute atomic E-state index is 0.216. The van der Waals surface area contributed by atoms with E-state index in [2.05, 4.69) is 37.9 Å². The Bertz CT molecular complexity index is 741. The molecule has 0 radical (unpaired) electrons. The second kappa shape index (κ2) is 15.7. The summed E-state index contributed by atoms with van der Waals surface area (Å²) in [6.07, 6.45) is 1.50. The molecule has 4 rings (SSSR count). The van der Waals surface area contributed by atoms with Crippen LogP contribution in [0.25, 0.3) is 0 Å². The van der Waals surface area contributed by atoms with E-state index in [1.165, 1.54) is 33.8 Å². The molecule has 0 aliphatic carbocycles. The molecule has 8 heteroatoms. The normalized spacial score (nSPS) is 22.6. The quantitative estimate of drug-likeness (QED) is 0.311. The van der Waals surface area contributed by atoms with Crippen molar-refractivity contribution in [3.63, 3.8) is 0 Å². The zero-order valence-electron chi connectivity index (χ0n) is 21.0. The summed E-state index contributed by atoms with van der Waals surface area (Å²) >= 11 is 11.9. The zero-order chi connectivity index (χ0) is 25.2. The van der Waals surface area contributed by atoms with Crippen LogP contribution < -0.4 is 9.47 Å². The SMILES string of the molecule is C=C1CSCC(Cc2cc(OC3CSCC(=C)CSC3)cc(OC3CSCC(=C)CSC3)c2)CSC1. The van der Waals surface area contributed by atoms with Crippen molar-refractivity contribution in [3.05, 3.63) is 60.2 Å². The molecule has 1 aromatic carbocycles. The van der Waals surface area contributed by atoms with Crippen molar-refractivity contribution in [2.45, 2.75) is 18.6 Å². The van der Waals surface area contributed by atoms with Crippen molar-refractivity contribution in [2.24, 2.45) is 5.92 Å². The van der Waals surface area contributed by atoms with Crippen LogP contribution in [0.1, 0.15) is 5.56 Å². The van der Waals surface area contributed by atoms with Crippen molar-refractivity contribution in [1.82, 2.24) is 0 Å². The Morgan fingerprint density at radius 2 is 0.917 bits per heavy atom. The average Bonchev–Trinajstić information content (AvgIpc) is 2.79. The number of ether oxygens (including phenoxy) is 2. The summed E-state index contributed by atoms with van der Waals surface area (Å²) in [5.74, 6) is 15.3. The molecule has 0 saturated carbocycles. The van der Waals surface area contributed by atoms with Crippen molar-refractivity contribution in [1.29, 1.82) is 0 Å². The predicted octanol–water partition coefficient (Wildman–Crippen LogP) is 7.45. The fraction of sp³-hybridized carbons (Fsp3) is 0.571. The summed E-state index contributed by atoms with van der Waals surface area (Å²) < 4.78 is 13.2. The van der Waals surface area contributed by atoms with Gasteiger partial charge in [-0.05, 0) is 41.5 Å². The average molecular weight is 599 g/mol. The van der Waals surface area contributed by atoms with Gasteiger partial charge in [-0.1, -0.05) is 36.5 Å². The van der Waals surface area contributed by atoms with Crippen LogP contribution in [0.3, 0.4) is 0 Å². The lowest BCUT2D eigenvalue weighted by molar-refractivity contribution is 0.237. The Morgan fingerprint density at radius 3 is 1.31 bits per heavy atom. The Hall–Kier alpha value is 0.140. The Balaban J connectivity index is 1.46. The maximum absolute atomic E-state index is 6.61. The van der Waals surface area contributed by atoms with Gasteiger partial charge in [-0.15, -0.1) is 0 Å². The highest BCUT2D eigenvalue weighted by molar-refractivity contribution is 8.02. The molecule has 2 nitrogen and oxygen atoms in total. The molecule has 1 aromatic rings. The summed E-state index contributed by atoms with van der Waals surface area (Å²) in [4.78, 5) is 0. The van der Waals surface area contributed by atoms with Crippen molar-refractivity contribution >= 4 is 70.6 Å². The molecule has 3 aliphatic rings. The second-order valence-electron chi connectivity index (χ2n) is 9.70. The Kier molecular flexibility index (Phi) is 12.7. The highest BCUT2D eigenvalue weighted by atomic mass is 32.2. The van der Waals surface area contributed by atoms with Gasteiger partial charge >= 0.3 is 0 Å². The maximum atomic E-state index is 6.61. The first-order valence-electron chi connectivity index (χ1n) is 12.5. The molecule has 0 atom stereocenters. The van der Waals surface area contributed by atoms with Crippen molar-refractivity contribution < 1.29 is 9.47 Å². The Labute approximate surface area is 243 Å². The number of thioether (sulfide) groups is 6. The maximum Gasteiger partial charge on any atom is 0.123 e. The molecular weight excluding hydrogens is 561 g/mol. The van der Waals surface area contributed by atoms with Crippen LogP contribution in [0.4, 0.5) is 0 Å². The van der Waals surface area contributed by atoms with Crippen LogP contribution in [-0.4, -0.2) is 81.2 Å². The molecule has 0 unspecified atom stereocenters. The third kappa shape index (κ3) is 10.4. The number of rotatable bonds is 6. The minimum Gasteiger partial charge on any atom is -0.489 e. The van der Waals surface area contributed by atoms with E-state index in [0.29, 0.717) is 5.92 Å². The summed E-state index contributed by atoms with van der Waals surface area (Å²) in [5.41, 5.74) is 5.37.